The van der Waals surface area contributed by atoms with Crippen LogP contribution in [-0.4, -0.2) is 25.1 Å². The van der Waals surface area contributed by atoms with Gasteiger partial charge in [-0.15, -0.1) is 0 Å². The number of carbonyl (C=O) groups excluding carboxylic acids is 2. The minimum atomic E-state index is -0.937. The van der Waals surface area contributed by atoms with E-state index in [-0.39, 0.29) is 5.91 Å². The Morgan fingerprint density at radius 1 is 0.962 bits per heavy atom. The minimum Gasteiger partial charge on any atom is -0.496 e. The number of carbonyl (C=O) groups is 2. The zero-order chi connectivity index (χ0) is 19.4. The number of anilines is 1. The molecule has 1 N–H and O–H groups in total. The zero-order valence-electron chi connectivity index (χ0n) is 16.1. The molecule has 0 heterocycles. The predicted molar refractivity (Wildman–Crippen MR) is 102 cm³/mol. The van der Waals surface area contributed by atoms with Crippen LogP contribution in [0.5, 0.6) is 5.75 Å². The lowest BCUT2D eigenvalue weighted by Crippen LogP contribution is -2.30. The molecular formula is C21H25NO4. The van der Waals surface area contributed by atoms with Crippen LogP contribution in [0.2, 0.25) is 0 Å². The highest BCUT2D eigenvalue weighted by Gasteiger charge is 2.22. The van der Waals surface area contributed by atoms with E-state index in [1.165, 1.54) is 7.11 Å². The van der Waals surface area contributed by atoms with E-state index < -0.39 is 12.1 Å². The lowest BCUT2D eigenvalue weighted by molar-refractivity contribution is -0.123. The topological polar surface area (TPSA) is 64.6 Å². The number of rotatable bonds is 5. The highest BCUT2D eigenvalue weighted by Crippen LogP contribution is 2.23. The third-order valence-electron chi connectivity index (χ3n) is 4.15. The molecule has 0 spiro atoms. The monoisotopic (exact) mass is 355 g/mol. The normalized spacial score (nSPS) is 11.6. The van der Waals surface area contributed by atoms with Crippen LogP contribution in [0.4, 0.5) is 5.69 Å². The van der Waals surface area contributed by atoms with Gasteiger partial charge in [0.25, 0.3) is 5.91 Å². The van der Waals surface area contributed by atoms with Crippen molar-refractivity contribution in [2.45, 2.75) is 40.7 Å². The van der Waals surface area contributed by atoms with Crippen LogP contribution in [0.3, 0.4) is 0 Å². The predicted octanol–water partition coefficient (Wildman–Crippen LogP) is 4.11. The fraction of sp³-hybridized carbons (Fsp3) is 0.333. The number of aryl methyl sites for hydroxylation is 4. The fourth-order valence-electron chi connectivity index (χ4n) is 2.86. The van der Waals surface area contributed by atoms with E-state index in [1.807, 2.05) is 45.9 Å². The van der Waals surface area contributed by atoms with Crippen LogP contribution in [0.25, 0.3) is 0 Å². The number of nitrogens with one attached hydrogen (secondary N) is 1. The quantitative estimate of drug-likeness (QED) is 0.820. The Hall–Kier alpha value is -2.82. The number of ether oxygens (including phenoxy) is 2. The van der Waals surface area contributed by atoms with Crippen molar-refractivity contribution in [3.8, 4) is 5.75 Å². The Morgan fingerprint density at radius 3 is 2.15 bits per heavy atom. The van der Waals surface area contributed by atoms with Gasteiger partial charge in [-0.3, -0.25) is 4.79 Å². The standard InChI is InChI=1S/C21H25NO4/c1-12-7-8-18(25-6)17(11-12)21(24)26-16(5)20(23)22-19-14(3)9-13(2)10-15(19)4/h7-11,16H,1-6H3,(H,22,23)/t16-/m1/s1. The molecular weight excluding hydrogens is 330 g/mol. The Morgan fingerprint density at radius 2 is 1.58 bits per heavy atom. The van der Waals surface area contributed by atoms with E-state index in [0.29, 0.717) is 11.3 Å². The summed E-state index contributed by atoms with van der Waals surface area (Å²) in [5.41, 5.74) is 5.01. The van der Waals surface area contributed by atoms with Crippen molar-refractivity contribution in [1.29, 1.82) is 0 Å². The molecule has 138 valence electrons. The summed E-state index contributed by atoms with van der Waals surface area (Å²) in [6, 6.07) is 9.22. The maximum Gasteiger partial charge on any atom is 0.342 e. The van der Waals surface area contributed by atoms with Crippen molar-refractivity contribution in [3.05, 3.63) is 58.1 Å². The van der Waals surface area contributed by atoms with Crippen molar-refractivity contribution in [2.24, 2.45) is 0 Å². The lowest BCUT2D eigenvalue weighted by Gasteiger charge is -2.17. The molecule has 1 amide bonds. The number of amides is 1. The van der Waals surface area contributed by atoms with Gasteiger partial charge in [-0.05, 0) is 57.9 Å². The smallest absolute Gasteiger partial charge is 0.342 e. The van der Waals surface area contributed by atoms with Crippen molar-refractivity contribution in [1.82, 2.24) is 0 Å². The summed E-state index contributed by atoms with van der Waals surface area (Å²) in [7, 11) is 1.49. The molecule has 2 aromatic rings. The molecule has 0 unspecified atom stereocenters. The second-order valence-corrected chi connectivity index (χ2v) is 6.51. The molecule has 0 saturated heterocycles. The Labute approximate surface area is 154 Å². The van der Waals surface area contributed by atoms with E-state index in [0.717, 1.165) is 27.9 Å². The van der Waals surface area contributed by atoms with Gasteiger partial charge in [0.05, 0.1) is 7.11 Å². The highest BCUT2D eigenvalue weighted by molar-refractivity contribution is 5.99. The van der Waals surface area contributed by atoms with E-state index in [2.05, 4.69) is 5.32 Å². The van der Waals surface area contributed by atoms with Gasteiger partial charge in [-0.25, -0.2) is 4.79 Å². The number of benzene rings is 2. The average molecular weight is 355 g/mol. The van der Waals surface area contributed by atoms with Gasteiger partial charge in [0.15, 0.2) is 6.10 Å². The molecule has 0 saturated carbocycles. The first-order valence-corrected chi connectivity index (χ1v) is 8.47. The minimum absolute atomic E-state index is 0.301. The highest BCUT2D eigenvalue weighted by atomic mass is 16.5. The lowest BCUT2D eigenvalue weighted by atomic mass is 10.0. The Bertz CT molecular complexity index is 819. The van der Waals surface area contributed by atoms with Crippen molar-refractivity contribution < 1.29 is 19.1 Å². The van der Waals surface area contributed by atoms with Gasteiger partial charge in [-0.2, -0.15) is 0 Å². The van der Waals surface area contributed by atoms with E-state index >= 15 is 0 Å². The zero-order valence-corrected chi connectivity index (χ0v) is 16.1. The van der Waals surface area contributed by atoms with Crippen LogP contribution in [-0.2, 0) is 9.53 Å². The maximum atomic E-state index is 12.5. The average Bonchev–Trinajstić information content (AvgIpc) is 2.57. The first-order chi connectivity index (χ1) is 12.2. The molecule has 26 heavy (non-hydrogen) atoms. The van der Waals surface area contributed by atoms with Gasteiger partial charge in [0, 0.05) is 5.69 Å². The molecule has 0 fully saturated rings. The maximum absolute atomic E-state index is 12.5. The molecule has 1 atom stereocenters. The first-order valence-electron chi connectivity index (χ1n) is 8.47. The van der Waals surface area contributed by atoms with Crippen molar-refractivity contribution >= 4 is 17.6 Å². The van der Waals surface area contributed by atoms with Gasteiger partial charge in [0.2, 0.25) is 0 Å². The molecule has 2 rings (SSSR count). The third kappa shape index (κ3) is 4.42. The molecule has 5 heteroatoms. The third-order valence-corrected chi connectivity index (χ3v) is 4.15. The number of hydrogen-bond acceptors (Lipinski definition) is 4. The number of methoxy groups -OCH3 is 1. The summed E-state index contributed by atoms with van der Waals surface area (Å²) < 4.78 is 10.5. The molecule has 0 aliphatic carbocycles. The van der Waals surface area contributed by atoms with Crippen LogP contribution in [0.1, 0.15) is 39.5 Å². The molecule has 0 aliphatic heterocycles. The van der Waals surface area contributed by atoms with E-state index in [4.69, 9.17) is 9.47 Å². The van der Waals surface area contributed by atoms with Crippen LogP contribution >= 0.6 is 0 Å². The van der Waals surface area contributed by atoms with Gasteiger partial charge in [-0.1, -0.05) is 29.3 Å². The number of esters is 1. The first kappa shape index (κ1) is 19.5. The summed E-state index contributed by atoms with van der Waals surface area (Å²) in [6.45, 7) is 9.29. The van der Waals surface area contributed by atoms with Crippen LogP contribution < -0.4 is 10.1 Å². The van der Waals surface area contributed by atoms with Crippen LogP contribution in [0.15, 0.2) is 30.3 Å². The second kappa shape index (κ2) is 8.04. The van der Waals surface area contributed by atoms with E-state index in [1.54, 1.807) is 19.1 Å². The van der Waals surface area contributed by atoms with Crippen LogP contribution in [0, 0.1) is 27.7 Å². The largest absolute Gasteiger partial charge is 0.496 e. The molecule has 0 aromatic heterocycles. The number of hydrogen-bond donors (Lipinski definition) is 1. The summed E-state index contributed by atoms with van der Waals surface area (Å²) in [5, 5.41) is 2.85. The summed E-state index contributed by atoms with van der Waals surface area (Å²) >= 11 is 0. The van der Waals surface area contributed by atoms with E-state index in [9.17, 15) is 9.59 Å². The summed E-state index contributed by atoms with van der Waals surface area (Å²) in [6.07, 6.45) is -0.937. The molecule has 0 aliphatic rings. The molecule has 5 nitrogen and oxygen atoms in total. The van der Waals surface area contributed by atoms with Gasteiger partial charge in [0.1, 0.15) is 11.3 Å². The molecule has 0 radical (unpaired) electrons. The van der Waals surface area contributed by atoms with Gasteiger partial charge < -0.3 is 14.8 Å². The second-order valence-electron chi connectivity index (χ2n) is 6.51. The fourth-order valence-corrected chi connectivity index (χ4v) is 2.86. The Balaban J connectivity index is 2.12. The van der Waals surface area contributed by atoms with Gasteiger partial charge >= 0.3 is 5.97 Å². The Kier molecular flexibility index (Phi) is 6.03. The van der Waals surface area contributed by atoms with Crippen molar-refractivity contribution in [2.75, 3.05) is 12.4 Å². The summed E-state index contributed by atoms with van der Waals surface area (Å²) in [5.74, 6) is -0.552. The SMILES string of the molecule is COc1ccc(C)cc1C(=O)O[C@H](C)C(=O)Nc1c(C)cc(C)cc1C. The summed E-state index contributed by atoms with van der Waals surface area (Å²) in [4.78, 5) is 24.9. The van der Waals surface area contributed by atoms with Crippen molar-refractivity contribution in [3.63, 3.8) is 0 Å². The molecule has 2 aromatic carbocycles. The molecule has 0 bridgehead atoms.